The number of rotatable bonds is 11. The van der Waals surface area contributed by atoms with Crippen molar-refractivity contribution in [3.8, 4) is 0 Å². The number of carbonyl (C=O) groups is 4. The minimum absolute atomic E-state index is 0.0492. The molecule has 2 aromatic rings. The van der Waals surface area contributed by atoms with Crippen molar-refractivity contribution in [3.05, 3.63) is 36.4 Å². The molecule has 0 bridgehead atoms. The Bertz CT molecular complexity index is 1170. The molecule has 0 saturated heterocycles. The van der Waals surface area contributed by atoms with Crippen LogP contribution in [0.1, 0.15) is 60.8 Å². The maximum Gasteiger partial charge on any atom is 0.412 e. The molecular formula is C29H42N6O7. The Balaban J connectivity index is 1.77. The molecule has 13 nitrogen and oxygen atoms in total. The molecule has 0 radical (unpaired) electrons. The van der Waals surface area contributed by atoms with Crippen LogP contribution in [0.5, 0.6) is 0 Å². The summed E-state index contributed by atoms with van der Waals surface area (Å²) in [5.74, 6) is -0.625. The van der Waals surface area contributed by atoms with E-state index in [1.165, 1.54) is 12.1 Å². The van der Waals surface area contributed by atoms with E-state index in [0.29, 0.717) is 40.5 Å². The number of amides is 4. The molecule has 0 saturated carbocycles. The second kappa shape index (κ2) is 14.9. The molecule has 42 heavy (non-hydrogen) atoms. The second-order valence-electron chi connectivity index (χ2n) is 11.4. The van der Waals surface area contributed by atoms with Crippen LogP contribution in [-0.2, 0) is 23.8 Å². The Kier molecular flexibility index (Phi) is 12.0. The van der Waals surface area contributed by atoms with Crippen LogP contribution in [0.4, 0.5) is 43.7 Å². The number of carbonyl (C=O) groups excluding carboxylic acids is 4. The number of nitrogen functional groups attached to an aromatic ring is 2. The van der Waals surface area contributed by atoms with Gasteiger partial charge in [-0.05, 0) is 84.4 Å². The Labute approximate surface area is 246 Å². The molecule has 0 aliphatic heterocycles. The van der Waals surface area contributed by atoms with E-state index < -0.39 is 23.4 Å². The third-order valence-corrected chi connectivity index (χ3v) is 5.07. The van der Waals surface area contributed by atoms with Crippen LogP contribution >= 0.6 is 0 Å². The maximum atomic E-state index is 12.5. The lowest BCUT2D eigenvalue weighted by molar-refractivity contribution is -0.118. The lowest BCUT2D eigenvalue weighted by Crippen LogP contribution is -2.27. The molecule has 0 spiro atoms. The molecule has 2 aromatic carbocycles. The molecule has 0 aliphatic carbocycles. The van der Waals surface area contributed by atoms with Gasteiger partial charge in [0.25, 0.3) is 0 Å². The van der Waals surface area contributed by atoms with Gasteiger partial charge in [-0.2, -0.15) is 0 Å². The van der Waals surface area contributed by atoms with E-state index in [0.717, 1.165) is 0 Å². The van der Waals surface area contributed by atoms with Gasteiger partial charge in [0, 0.05) is 24.4 Å². The summed E-state index contributed by atoms with van der Waals surface area (Å²) in [5, 5.41) is 10.7. The topological polar surface area (TPSA) is 196 Å². The summed E-state index contributed by atoms with van der Waals surface area (Å²) in [6.45, 7) is 10.8. The Morgan fingerprint density at radius 3 is 1.48 bits per heavy atom. The van der Waals surface area contributed by atoms with Crippen LogP contribution in [0.25, 0.3) is 0 Å². The van der Waals surface area contributed by atoms with Crippen molar-refractivity contribution >= 4 is 58.1 Å². The number of ether oxygens (including phenoxy) is 3. The van der Waals surface area contributed by atoms with Crippen LogP contribution in [0, 0.1) is 0 Å². The summed E-state index contributed by atoms with van der Waals surface area (Å²) < 4.78 is 16.0. The maximum absolute atomic E-state index is 12.5. The number of hydrogen-bond acceptors (Lipinski definition) is 9. The number of nitrogens with one attached hydrogen (secondary N) is 4. The first-order valence-electron chi connectivity index (χ1n) is 13.5. The van der Waals surface area contributed by atoms with Crippen molar-refractivity contribution in [2.24, 2.45) is 0 Å². The average molecular weight is 587 g/mol. The Morgan fingerprint density at radius 2 is 1.05 bits per heavy atom. The summed E-state index contributed by atoms with van der Waals surface area (Å²) >= 11 is 0. The fraction of sp³-hybridized carbons (Fsp3) is 0.448. The first kappa shape index (κ1) is 33.7. The van der Waals surface area contributed by atoms with Crippen LogP contribution in [0.15, 0.2) is 36.4 Å². The molecule has 2 rings (SSSR count). The zero-order chi connectivity index (χ0) is 31.5. The van der Waals surface area contributed by atoms with Crippen molar-refractivity contribution in [3.63, 3.8) is 0 Å². The highest BCUT2D eigenvalue weighted by atomic mass is 16.6. The molecule has 8 N–H and O–H groups in total. The third-order valence-electron chi connectivity index (χ3n) is 5.07. The molecule has 0 atom stereocenters. The van der Waals surface area contributed by atoms with E-state index in [-0.39, 0.29) is 37.9 Å². The first-order valence-corrected chi connectivity index (χ1v) is 13.5. The monoisotopic (exact) mass is 586 g/mol. The van der Waals surface area contributed by atoms with E-state index in [4.69, 9.17) is 25.7 Å². The van der Waals surface area contributed by atoms with Crippen molar-refractivity contribution in [1.82, 2.24) is 0 Å². The molecule has 13 heteroatoms. The van der Waals surface area contributed by atoms with Gasteiger partial charge >= 0.3 is 12.2 Å². The standard InChI is InChI=1S/C29H42N6O7/c1-28(2,3)41-26(38)34-22-16-18(30)9-11-20(22)32-24(36)8-7-14-40-15-13-25(37)33-21-12-10-19(31)17-23(21)35-27(39)42-29(4,5)6/h9-12,16-17H,7-8,13-15,30-31H2,1-6H3,(H,32,36)(H,33,37)(H,34,38)(H,35,39). The summed E-state index contributed by atoms with van der Waals surface area (Å²) in [6, 6.07) is 9.40. The largest absolute Gasteiger partial charge is 0.444 e. The molecule has 230 valence electrons. The van der Waals surface area contributed by atoms with Crippen LogP contribution in [-0.4, -0.2) is 48.4 Å². The lowest BCUT2D eigenvalue weighted by atomic mass is 10.2. The van der Waals surface area contributed by atoms with Crippen molar-refractivity contribution in [2.45, 2.75) is 72.0 Å². The molecule has 0 unspecified atom stereocenters. The van der Waals surface area contributed by atoms with Crippen LogP contribution < -0.4 is 32.7 Å². The number of benzene rings is 2. The zero-order valence-electron chi connectivity index (χ0n) is 25.0. The van der Waals surface area contributed by atoms with Gasteiger partial charge in [-0.3, -0.25) is 20.2 Å². The zero-order valence-corrected chi connectivity index (χ0v) is 25.0. The number of anilines is 6. The summed E-state index contributed by atoms with van der Waals surface area (Å²) in [5.41, 5.74) is 12.4. The molecule has 0 aromatic heterocycles. The minimum Gasteiger partial charge on any atom is -0.444 e. The van der Waals surface area contributed by atoms with E-state index in [1.807, 2.05) is 0 Å². The minimum atomic E-state index is -0.691. The van der Waals surface area contributed by atoms with Gasteiger partial charge in [-0.15, -0.1) is 0 Å². The fourth-order valence-corrected chi connectivity index (χ4v) is 3.40. The summed E-state index contributed by atoms with van der Waals surface area (Å²) in [6.07, 6.45) is -0.754. The van der Waals surface area contributed by atoms with Gasteiger partial charge in [0.1, 0.15) is 11.2 Å². The van der Waals surface area contributed by atoms with Crippen LogP contribution in [0.3, 0.4) is 0 Å². The highest BCUT2D eigenvalue weighted by Crippen LogP contribution is 2.27. The van der Waals surface area contributed by atoms with Gasteiger partial charge in [-0.1, -0.05) is 0 Å². The Hall–Kier alpha value is -4.52. The molecule has 0 heterocycles. The van der Waals surface area contributed by atoms with Crippen molar-refractivity contribution in [2.75, 3.05) is 45.9 Å². The molecule has 0 fully saturated rings. The molecule has 4 amide bonds. The molecule has 0 aliphatic rings. The fourth-order valence-electron chi connectivity index (χ4n) is 3.40. The SMILES string of the molecule is CC(C)(C)OC(=O)Nc1cc(N)ccc1NC(=O)CCCOCCC(=O)Nc1ccc(N)cc1NC(=O)OC(C)(C)C. The highest BCUT2D eigenvalue weighted by Gasteiger charge is 2.19. The second-order valence-corrected chi connectivity index (χ2v) is 11.4. The normalized spacial score (nSPS) is 11.3. The van der Waals surface area contributed by atoms with E-state index >= 15 is 0 Å². The van der Waals surface area contributed by atoms with E-state index in [2.05, 4.69) is 21.3 Å². The Morgan fingerprint density at radius 1 is 0.619 bits per heavy atom. The quantitative estimate of drug-likeness (QED) is 0.149. The number of nitrogens with two attached hydrogens (primary N) is 2. The van der Waals surface area contributed by atoms with Gasteiger partial charge in [0.2, 0.25) is 11.8 Å². The predicted octanol–water partition coefficient (Wildman–Crippen LogP) is 5.31. The van der Waals surface area contributed by atoms with Crippen LogP contribution in [0.2, 0.25) is 0 Å². The average Bonchev–Trinajstić information content (AvgIpc) is 2.82. The highest BCUT2D eigenvalue weighted by molar-refractivity contribution is 5.99. The van der Waals surface area contributed by atoms with Crippen molar-refractivity contribution in [1.29, 1.82) is 0 Å². The van der Waals surface area contributed by atoms with Gasteiger partial charge in [0.05, 0.1) is 35.8 Å². The van der Waals surface area contributed by atoms with Gasteiger partial charge in [0.15, 0.2) is 0 Å². The van der Waals surface area contributed by atoms with E-state index in [9.17, 15) is 19.2 Å². The first-order chi connectivity index (χ1) is 19.5. The molecular weight excluding hydrogens is 544 g/mol. The van der Waals surface area contributed by atoms with Crippen molar-refractivity contribution < 1.29 is 33.4 Å². The predicted molar refractivity (Wildman–Crippen MR) is 163 cm³/mol. The van der Waals surface area contributed by atoms with Gasteiger partial charge < -0.3 is 36.3 Å². The lowest BCUT2D eigenvalue weighted by Gasteiger charge is -2.21. The smallest absolute Gasteiger partial charge is 0.412 e. The third kappa shape index (κ3) is 13.2. The summed E-state index contributed by atoms with van der Waals surface area (Å²) in [7, 11) is 0. The summed E-state index contributed by atoms with van der Waals surface area (Å²) in [4.78, 5) is 49.2. The van der Waals surface area contributed by atoms with E-state index in [1.54, 1.807) is 65.8 Å². The van der Waals surface area contributed by atoms with Gasteiger partial charge in [-0.25, -0.2) is 9.59 Å². The number of hydrogen-bond donors (Lipinski definition) is 6.